The smallest absolute Gasteiger partial charge is 0.330 e. The van der Waals surface area contributed by atoms with E-state index in [0.717, 1.165) is 24.1 Å². The van der Waals surface area contributed by atoms with Crippen LogP contribution in [0, 0.1) is 5.92 Å². The van der Waals surface area contributed by atoms with E-state index in [1.807, 2.05) is 31.2 Å². The maximum Gasteiger partial charge on any atom is 0.330 e. The molecule has 0 unspecified atom stereocenters. The predicted molar refractivity (Wildman–Crippen MR) is 125 cm³/mol. The van der Waals surface area contributed by atoms with Gasteiger partial charge in [0.2, 0.25) is 11.8 Å². The minimum Gasteiger partial charge on any atom is -0.383 e. The van der Waals surface area contributed by atoms with Gasteiger partial charge in [0.25, 0.3) is 5.56 Å². The standard InChI is InChI=1S/C23H31N5O4/c1-4-7-12-27-20(24)19(21(30)25-23(27)32)26(6-3)22(31)16-13-18(29)28(14-16)17-10-8-15(5-2)9-11-17/h8-11,16H,4-7,12-14,24H2,1-3H3,(H,25,30,32)/t16-/m1/s1. The number of hydrogen-bond acceptors (Lipinski definition) is 5. The molecule has 0 radical (unpaired) electrons. The first-order valence-corrected chi connectivity index (χ1v) is 11.2. The van der Waals surface area contributed by atoms with Gasteiger partial charge >= 0.3 is 5.69 Å². The molecule has 0 spiro atoms. The zero-order valence-electron chi connectivity index (χ0n) is 18.9. The lowest BCUT2D eigenvalue weighted by molar-refractivity contribution is -0.124. The van der Waals surface area contributed by atoms with Gasteiger partial charge in [-0.25, -0.2) is 4.79 Å². The minimum absolute atomic E-state index is 0.0290. The van der Waals surface area contributed by atoms with Crippen LogP contribution in [0.5, 0.6) is 0 Å². The molecule has 1 fully saturated rings. The molecule has 32 heavy (non-hydrogen) atoms. The van der Waals surface area contributed by atoms with Crippen molar-refractivity contribution in [2.45, 2.75) is 53.0 Å². The van der Waals surface area contributed by atoms with Crippen LogP contribution >= 0.6 is 0 Å². The molecule has 1 saturated heterocycles. The quantitative estimate of drug-likeness (QED) is 0.648. The second-order valence-corrected chi connectivity index (χ2v) is 8.01. The van der Waals surface area contributed by atoms with Crippen molar-refractivity contribution in [1.82, 2.24) is 9.55 Å². The van der Waals surface area contributed by atoms with Gasteiger partial charge in [-0.05, 0) is 37.5 Å². The highest BCUT2D eigenvalue weighted by atomic mass is 16.2. The lowest BCUT2D eigenvalue weighted by Crippen LogP contribution is -2.44. The Morgan fingerprint density at radius 2 is 1.84 bits per heavy atom. The molecule has 1 aromatic heterocycles. The molecule has 3 rings (SSSR count). The van der Waals surface area contributed by atoms with Crippen LogP contribution in [-0.4, -0.2) is 34.5 Å². The molecule has 172 valence electrons. The Labute approximate surface area is 186 Å². The number of H-pyrrole nitrogens is 1. The van der Waals surface area contributed by atoms with Crippen LogP contribution in [0.15, 0.2) is 33.9 Å². The molecular weight excluding hydrogens is 410 g/mol. The van der Waals surface area contributed by atoms with Crippen molar-refractivity contribution >= 4 is 29.0 Å². The Bertz CT molecular complexity index is 1100. The van der Waals surface area contributed by atoms with E-state index < -0.39 is 17.2 Å². The van der Waals surface area contributed by atoms with Gasteiger partial charge in [-0.1, -0.05) is 32.4 Å². The van der Waals surface area contributed by atoms with Crippen LogP contribution in [0.3, 0.4) is 0 Å². The monoisotopic (exact) mass is 441 g/mol. The summed E-state index contributed by atoms with van der Waals surface area (Å²) in [6.45, 7) is 6.54. The number of amides is 2. The molecule has 2 aromatic rings. The molecule has 9 heteroatoms. The van der Waals surface area contributed by atoms with Crippen LogP contribution < -0.4 is 26.8 Å². The Morgan fingerprint density at radius 1 is 1.16 bits per heavy atom. The molecule has 1 atom stereocenters. The number of nitrogens with zero attached hydrogens (tertiary/aromatic N) is 3. The highest BCUT2D eigenvalue weighted by molar-refractivity contribution is 6.05. The highest BCUT2D eigenvalue weighted by Crippen LogP contribution is 2.28. The van der Waals surface area contributed by atoms with Gasteiger partial charge < -0.3 is 15.5 Å². The van der Waals surface area contributed by atoms with Gasteiger partial charge in [0.05, 0.1) is 5.92 Å². The fourth-order valence-corrected chi connectivity index (χ4v) is 4.06. The van der Waals surface area contributed by atoms with Gasteiger partial charge in [-0.15, -0.1) is 0 Å². The number of unbranched alkanes of at least 4 members (excludes halogenated alkanes) is 1. The number of rotatable bonds is 8. The lowest BCUT2D eigenvalue weighted by atomic mass is 10.1. The number of aromatic amines is 1. The number of benzene rings is 1. The van der Waals surface area contributed by atoms with E-state index in [1.54, 1.807) is 11.8 Å². The summed E-state index contributed by atoms with van der Waals surface area (Å²) in [6.07, 6.45) is 2.50. The third-order valence-corrected chi connectivity index (χ3v) is 5.93. The first-order valence-electron chi connectivity index (χ1n) is 11.2. The van der Waals surface area contributed by atoms with Crippen LogP contribution in [0.2, 0.25) is 0 Å². The molecule has 1 aliphatic rings. The fraction of sp³-hybridized carbons (Fsp3) is 0.478. The maximum atomic E-state index is 13.4. The Kier molecular flexibility index (Phi) is 7.17. The second-order valence-electron chi connectivity index (χ2n) is 8.01. The van der Waals surface area contributed by atoms with Crippen LogP contribution in [-0.2, 0) is 22.6 Å². The number of aryl methyl sites for hydroxylation is 1. The molecule has 2 amide bonds. The Morgan fingerprint density at radius 3 is 2.44 bits per heavy atom. The van der Waals surface area contributed by atoms with E-state index in [-0.39, 0.29) is 42.8 Å². The highest BCUT2D eigenvalue weighted by Gasteiger charge is 2.38. The number of anilines is 3. The van der Waals surface area contributed by atoms with E-state index in [1.165, 1.54) is 9.47 Å². The summed E-state index contributed by atoms with van der Waals surface area (Å²) in [7, 11) is 0. The van der Waals surface area contributed by atoms with Crippen molar-refractivity contribution in [3.8, 4) is 0 Å². The van der Waals surface area contributed by atoms with E-state index in [0.29, 0.717) is 13.0 Å². The average molecular weight is 442 g/mol. The van der Waals surface area contributed by atoms with E-state index in [4.69, 9.17) is 5.73 Å². The van der Waals surface area contributed by atoms with Crippen molar-refractivity contribution in [1.29, 1.82) is 0 Å². The van der Waals surface area contributed by atoms with Crippen molar-refractivity contribution in [3.05, 3.63) is 50.7 Å². The lowest BCUT2D eigenvalue weighted by Gasteiger charge is -2.25. The number of nitrogens with two attached hydrogens (primary N) is 1. The molecule has 1 aliphatic heterocycles. The Hall–Kier alpha value is -3.36. The molecule has 0 aliphatic carbocycles. The summed E-state index contributed by atoms with van der Waals surface area (Å²) in [4.78, 5) is 56.0. The van der Waals surface area contributed by atoms with Crippen molar-refractivity contribution in [2.75, 3.05) is 28.6 Å². The van der Waals surface area contributed by atoms with Crippen molar-refractivity contribution in [3.63, 3.8) is 0 Å². The van der Waals surface area contributed by atoms with Gasteiger partial charge in [-0.2, -0.15) is 0 Å². The number of hydrogen-bond donors (Lipinski definition) is 2. The molecule has 9 nitrogen and oxygen atoms in total. The average Bonchev–Trinajstić information content (AvgIpc) is 3.17. The summed E-state index contributed by atoms with van der Waals surface area (Å²) >= 11 is 0. The topological polar surface area (TPSA) is 121 Å². The summed E-state index contributed by atoms with van der Waals surface area (Å²) in [5.74, 6) is -1.13. The first kappa shape index (κ1) is 23.3. The second kappa shape index (κ2) is 9.84. The van der Waals surface area contributed by atoms with E-state index in [9.17, 15) is 19.2 Å². The summed E-state index contributed by atoms with van der Waals surface area (Å²) in [5, 5.41) is 0. The molecule has 2 heterocycles. The summed E-state index contributed by atoms with van der Waals surface area (Å²) in [5.41, 5.74) is 6.77. The van der Waals surface area contributed by atoms with Crippen LogP contribution in [0.4, 0.5) is 17.2 Å². The molecular formula is C23H31N5O4. The molecule has 0 bridgehead atoms. The maximum absolute atomic E-state index is 13.4. The molecule has 0 saturated carbocycles. The van der Waals surface area contributed by atoms with Gasteiger partial charge in [0, 0.05) is 31.7 Å². The minimum atomic E-state index is -0.702. The van der Waals surface area contributed by atoms with Crippen LogP contribution in [0.1, 0.15) is 45.6 Å². The van der Waals surface area contributed by atoms with Crippen LogP contribution in [0.25, 0.3) is 0 Å². The number of carbonyl (C=O) groups excluding carboxylic acids is 2. The van der Waals surface area contributed by atoms with Gasteiger partial charge in [0.1, 0.15) is 5.82 Å². The third kappa shape index (κ3) is 4.46. The zero-order chi connectivity index (χ0) is 23.4. The molecule has 3 N–H and O–H groups in total. The predicted octanol–water partition coefficient (Wildman–Crippen LogP) is 1.89. The normalized spacial score (nSPS) is 15.9. The number of nitrogens with one attached hydrogen (secondary N) is 1. The number of aromatic nitrogens is 2. The van der Waals surface area contributed by atoms with Gasteiger partial charge in [0.15, 0.2) is 5.69 Å². The fourth-order valence-electron chi connectivity index (χ4n) is 4.06. The zero-order valence-corrected chi connectivity index (χ0v) is 18.9. The van der Waals surface area contributed by atoms with E-state index in [2.05, 4.69) is 11.9 Å². The largest absolute Gasteiger partial charge is 0.383 e. The number of nitrogen functional groups attached to an aromatic ring is 1. The van der Waals surface area contributed by atoms with Crippen molar-refractivity contribution < 1.29 is 9.59 Å². The third-order valence-electron chi connectivity index (χ3n) is 5.93. The first-order chi connectivity index (χ1) is 15.3. The van der Waals surface area contributed by atoms with Gasteiger partial charge in [-0.3, -0.25) is 23.9 Å². The molecule has 1 aromatic carbocycles. The van der Waals surface area contributed by atoms with Crippen molar-refractivity contribution in [2.24, 2.45) is 5.92 Å². The van der Waals surface area contributed by atoms with E-state index >= 15 is 0 Å². The summed E-state index contributed by atoms with van der Waals surface area (Å²) in [6, 6.07) is 7.70. The number of carbonyl (C=O) groups is 2. The summed E-state index contributed by atoms with van der Waals surface area (Å²) < 4.78 is 1.29. The Balaban J connectivity index is 1.88. The SMILES string of the molecule is CCCCn1c(N)c(N(CC)C(=O)[C@@H]2CC(=O)N(c3ccc(CC)cc3)C2)c(=O)[nH]c1=O.